The van der Waals surface area contributed by atoms with Crippen LogP contribution in [0.4, 0.5) is 11.4 Å². The standard InChI is InChI=1S/C12H11BrN2O4S2/c1-21(18,19)11-4-2-3-9(12(11)15(16)17)14-7-10-8(13)5-6-20-10/h2-6,14H,7H2,1H3. The molecule has 0 spiro atoms. The van der Waals surface area contributed by atoms with E-state index in [1.54, 1.807) is 0 Å². The van der Waals surface area contributed by atoms with Crippen LogP contribution in [-0.2, 0) is 16.4 Å². The minimum Gasteiger partial charge on any atom is -0.375 e. The molecule has 0 saturated heterocycles. The van der Waals surface area contributed by atoms with E-state index >= 15 is 0 Å². The fourth-order valence-corrected chi connectivity index (χ4v) is 4.07. The second-order valence-electron chi connectivity index (χ2n) is 4.23. The molecule has 2 aromatic rings. The second kappa shape index (κ2) is 6.12. The predicted octanol–water partition coefficient (Wildman–Crippen LogP) is 3.43. The van der Waals surface area contributed by atoms with Crippen molar-refractivity contribution in [1.29, 1.82) is 0 Å². The Hall–Kier alpha value is -1.45. The van der Waals surface area contributed by atoms with Crippen molar-refractivity contribution >= 4 is 48.5 Å². The van der Waals surface area contributed by atoms with Gasteiger partial charge in [-0.05, 0) is 39.5 Å². The van der Waals surface area contributed by atoms with Crippen molar-refractivity contribution in [1.82, 2.24) is 0 Å². The average molecular weight is 391 g/mol. The van der Waals surface area contributed by atoms with Gasteiger partial charge in [0.15, 0.2) is 9.84 Å². The summed E-state index contributed by atoms with van der Waals surface area (Å²) in [5.41, 5.74) is -0.240. The third-order valence-corrected chi connectivity index (χ3v) is 5.77. The molecule has 0 aliphatic heterocycles. The van der Waals surface area contributed by atoms with Gasteiger partial charge >= 0.3 is 5.69 Å². The summed E-state index contributed by atoms with van der Waals surface area (Å²) >= 11 is 4.87. The lowest BCUT2D eigenvalue weighted by molar-refractivity contribution is -0.386. The number of benzene rings is 1. The highest BCUT2D eigenvalue weighted by Gasteiger charge is 2.26. The zero-order valence-electron chi connectivity index (χ0n) is 10.9. The highest BCUT2D eigenvalue weighted by atomic mass is 79.9. The number of anilines is 1. The third-order valence-electron chi connectivity index (χ3n) is 2.71. The molecule has 112 valence electrons. The quantitative estimate of drug-likeness (QED) is 0.623. The first-order chi connectivity index (χ1) is 9.80. The molecule has 0 saturated carbocycles. The van der Waals surface area contributed by atoms with Crippen LogP contribution < -0.4 is 5.32 Å². The molecule has 0 atom stereocenters. The normalized spacial score (nSPS) is 11.3. The van der Waals surface area contributed by atoms with Gasteiger partial charge in [0.05, 0.1) is 11.5 Å². The number of nitrogens with zero attached hydrogens (tertiary/aromatic N) is 1. The smallest absolute Gasteiger partial charge is 0.310 e. The molecule has 0 unspecified atom stereocenters. The van der Waals surface area contributed by atoms with Gasteiger partial charge in [-0.3, -0.25) is 10.1 Å². The summed E-state index contributed by atoms with van der Waals surface area (Å²) in [6.45, 7) is 0.367. The van der Waals surface area contributed by atoms with Crippen LogP contribution in [0.5, 0.6) is 0 Å². The summed E-state index contributed by atoms with van der Waals surface area (Å²) < 4.78 is 24.2. The summed E-state index contributed by atoms with van der Waals surface area (Å²) in [5.74, 6) is 0. The number of nitro groups is 1. The van der Waals surface area contributed by atoms with Crippen LogP contribution in [0.2, 0.25) is 0 Å². The molecule has 2 rings (SSSR count). The van der Waals surface area contributed by atoms with Gasteiger partial charge in [0.25, 0.3) is 0 Å². The van der Waals surface area contributed by atoms with Gasteiger partial charge in [-0.2, -0.15) is 0 Å². The van der Waals surface area contributed by atoms with Gasteiger partial charge in [-0.1, -0.05) is 6.07 Å². The van der Waals surface area contributed by atoms with Crippen LogP contribution in [0.25, 0.3) is 0 Å². The van der Waals surface area contributed by atoms with Crippen LogP contribution in [-0.4, -0.2) is 19.6 Å². The van der Waals surface area contributed by atoms with Crippen LogP contribution >= 0.6 is 27.3 Å². The summed E-state index contributed by atoms with van der Waals surface area (Å²) in [4.78, 5) is 11.2. The topological polar surface area (TPSA) is 89.3 Å². The van der Waals surface area contributed by atoms with Crippen molar-refractivity contribution in [3.05, 3.63) is 49.1 Å². The number of hydrogen-bond donors (Lipinski definition) is 1. The molecule has 1 aromatic carbocycles. The van der Waals surface area contributed by atoms with Gasteiger partial charge in [-0.15, -0.1) is 11.3 Å². The number of hydrogen-bond acceptors (Lipinski definition) is 6. The zero-order valence-corrected chi connectivity index (χ0v) is 14.1. The van der Waals surface area contributed by atoms with E-state index in [1.165, 1.54) is 29.5 Å². The van der Waals surface area contributed by atoms with Crippen molar-refractivity contribution in [3.8, 4) is 0 Å². The highest BCUT2D eigenvalue weighted by Crippen LogP contribution is 2.33. The molecule has 0 bridgehead atoms. The molecule has 0 aliphatic rings. The molecule has 6 nitrogen and oxygen atoms in total. The van der Waals surface area contributed by atoms with E-state index in [0.29, 0.717) is 6.54 Å². The lowest BCUT2D eigenvalue weighted by Crippen LogP contribution is -2.07. The monoisotopic (exact) mass is 390 g/mol. The minimum atomic E-state index is -3.67. The van der Waals surface area contributed by atoms with Crippen molar-refractivity contribution < 1.29 is 13.3 Å². The first-order valence-corrected chi connectivity index (χ1v) is 9.30. The maximum atomic E-state index is 11.7. The number of rotatable bonds is 5. The zero-order chi connectivity index (χ0) is 15.6. The van der Waals surface area contributed by atoms with Crippen LogP contribution in [0, 0.1) is 10.1 Å². The van der Waals surface area contributed by atoms with Crippen LogP contribution in [0.3, 0.4) is 0 Å². The minimum absolute atomic E-state index is 0.184. The Bertz CT molecular complexity index is 786. The molecule has 9 heteroatoms. The van der Waals surface area contributed by atoms with Crippen molar-refractivity contribution in [2.75, 3.05) is 11.6 Å². The lowest BCUT2D eigenvalue weighted by atomic mass is 10.2. The van der Waals surface area contributed by atoms with Gasteiger partial charge in [0, 0.05) is 15.6 Å². The maximum absolute atomic E-state index is 11.7. The van der Waals surface area contributed by atoms with E-state index in [4.69, 9.17) is 0 Å². The number of nitro benzene ring substituents is 1. The van der Waals surface area contributed by atoms with Crippen LogP contribution in [0.1, 0.15) is 4.88 Å². The SMILES string of the molecule is CS(=O)(=O)c1cccc(NCc2sccc2Br)c1[N+](=O)[O-]. The van der Waals surface area contributed by atoms with Crippen molar-refractivity contribution in [3.63, 3.8) is 0 Å². The Morgan fingerprint density at radius 3 is 2.62 bits per heavy atom. The Balaban J connectivity index is 2.40. The average Bonchev–Trinajstić information content (AvgIpc) is 2.80. The van der Waals surface area contributed by atoms with Gasteiger partial charge < -0.3 is 5.32 Å². The largest absolute Gasteiger partial charge is 0.375 e. The summed E-state index contributed by atoms with van der Waals surface area (Å²) in [6, 6.07) is 6.09. The van der Waals surface area contributed by atoms with Gasteiger partial charge in [0.2, 0.25) is 0 Å². The molecule has 0 amide bonds. The van der Waals surface area contributed by atoms with E-state index < -0.39 is 20.4 Å². The number of sulfone groups is 1. The molecule has 21 heavy (non-hydrogen) atoms. The van der Waals surface area contributed by atoms with E-state index in [9.17, 15) is 18.5 Å². The lowest BCUT2D eigenvalue weighted by Gasteiger charge is -2.09. The van der Waals surface area contributed by atoms with E-state index in [1.807, 2.05) is 11.4 Å². The maximum Gasteiger partial charge on any atom is 0.310 e. The van der Waals surface area contributed by atoms with Crippen LogP contribution in [0.15, 0.2) is 39.0 Å². The summed E-state index contributed by atoms with van der Waals surface area (Å²) in [6.07, 6.45) is 0.953. The fraction of sp³-hybridized carbons (Fsp3) is 0.167. The van der Waals surface area contributed by atoms with Crippen molar-refractivity contribution in [2.45, 2.75) is 11.4 Å². The number of para-hydroxylation sites is 1. The molecule has 1 N–H and O–H groups in total. The molecular formula is C12H11BrN2O4S2. The molecule has 1 heterocycles. The molecule has 1 aromatic heterocycles. The second-order valence-corrected chi connectivity index (χ2v) is 8.07. The number of thiophene rings is 1. The molecular weight excluding hydrogens is 380 g/mol. The summed E-state index contributed by atoms with van der Waals surface area (Å²) in [7, 11) is -3.67. The number of nitrogens with one attached hydrogen (secondary N) is 1. The Kier molecular flexibility index (Phi) is 4.64. The van der Waals surface area contributed by atoms with E-state index in [0.717, 1.165) is 15.6 Å². The number of halogens is 1. The highest BCUT2D eigenvalue weighted by molar-refractivity contribution is 9.10. The third kappa shape index (κ3) is 3.60. The fourth-order valence-electron chi connectivity index (χ4n) is 1.78. The molecule has 0 fully saturated rings. The first-order valence-electron chi connectivity index (χ1n) is 5.74. The van der Waals surface area contributed by atoms with E-state index in [-0.39, 0.29) is 10.6 Å². The summed E-state index contributed by atoms with van der Waals surface area (Å²) in [5, 5.41) is 16.0. The Labute approximate surface area is 134 Å². The van der Waals surface area contributed by atoms with Crippen molar-refractivity contribution in [2.24, 2.45) is 0 Å². The molecule has 0 radical (unpaired) electrons. The molecule has 0 aliphatic carbocycles. The predicted molar refractivity (Wildman–Crippen MR) is 85.6 cm³/mol. The van der Waals surface area contributed by atoms with E-state index in [2.05, 4.69) is 21.2 Å². The Morgan fingerprint density at radius 2 is 2.10 bits per heavy atom. The van der Waals surface area contributed by atoms with Gasteiger partial charge in [0.1, 0.15) is 10.6 Å². The first kappa shape index (κ1) is 15.9. The Morgan fingerprint density at radius 1 is 1.38 bits per heavy atom. The van der Waals surface area contributed by atoms with Gasteiger partial charge in [-0.25, -0.2) is 8.42 Å².